The number of hydrogen-bond acceptors (Lipinski definition) is 5. The zero-order chi connectivity index (χ0) is 21.8. The molecule has 0 saturated carbocycles. The van der Waals surface area contributed by atoms with Gasteiger partial charge in [-0.2, -0.15) is 0 Å². The second-order valence-electron chi connectivity index (χ2n) is 8.05. The average Bonchev–Trinajstić information content (AvgIpc) is 3.33. The molecular formula is C27H17N5O. The molecule has 0 bridgehead atoms. The van der Waals surface area contributed by atoms with Crippen molar-refractivity contribution >= 4 is 16.4 Å². The van der Waals surface area contributed by atoms with Crippen LogP contribution in [0.2, 0.25) is 0 Å². The van der Waals surface area contributed by atoms with E-state index in [9.17, 15) is 0 Å². The first-order chi connectivity index (χ1) is 16.4. The monoisotopic (exact) mass is 427 g/mol. The maximum Gasteiger partial charge on any atom is 0.228 e. The van der Waals surface area contributed by atoms with Gasteiger partial charge >= 0.3 is 0 Å². The lowest BCUT2D eigenvalue weighted by atomic mass is 9.83. The Labute approximate surface area is 189 Å². The minimum Gasteiger partial charge on any atom is -0.438 e. The summed E-state index contributed by atoms with van der Waals surface area (Å²) >= 11 is 0. The number of rotatable bonds is 2. The van der Waals surface area contributed by atoms with Crippen molar-refractivity contribution in [1.29, 1.82) is 0 Å². The predicted octanol–water partition coefficient (Wildman–Crippen LogP) is 5.63. The number of fused-ring (bicyclic) bond motifs is 6. The molecular weight excluding hydrogens is 410 g/mol. The predicted molar refractivity (Wildman–Crippen MR) is 125 cm³/mol. The maximum absolute atomic E-state index is 6.46. The van der Waals surface area contributed by atoms with Gasteiger partial charge in [0.2, 0.25) is 5.88 Å². The maximum atomic E-state index is 6.46. The molecule has 6 nitrogen and oxygen atoms in total. The van der Waals surface area contributed by atoms with Gasteiger partial charge in [0, 0.05) is 34.8 Å². The standard InChI is InChI=1S/C27H17N5O/c1-2-7-18(8-3-1)22-21-11-10-17-6-4-5-9-20(17)24(21)33-27-23(22)26-30-25(31-32(26)16-29-27)19-12-14-28-15-13-19/h1-16,22H/t22-/m0/s1. The summed E-state index contributed by atoms with van der Waals surface area (Å²) in [6.45, 7) is 0. The summed E-state index contributed by atoms with van der Waals surface area (Å²) in [4.78, 5) is 13.7. The van der Waals surface area contributed by atoms with Gasteiger partial charge in [-0.25, -0.2) is 14.5 Å². The zero-order valence-electron chi connectivity index (χ0n) is 17.5. The van der Waals surface area contributed by atoms with Crippen LogP contribution in [0.5, 0.6) is 11.6 Å². The van der Waals surface area contributed by atoms with Crippen LogP contribution in [-0.4, -0.2) is 24.6 Å². The second-order valence-corrected chi connectivity index (χ2v) is 8.05. The van der Waals surface area contributed by atoms with E-state index < -0.39 is 0 Å². The summed E-state index contributed by atoms with van der Waals surface area (Å²) in [5.74, 6) is 1.96. The summed E-state index contributed by atoms with van der Waals surface area (Å²) < 4.78 is 8.20. The molecule has 6 aromatic rings. The minimum absolute atomic E-state index is 0.0831. The number of ether oxygens (including phenoxy) is 1. The van der Waals surface area contributed by atoms with Crippen molar-refractivity contribution in [3.05, 3.63) is 114 Å². The molecule has 1 atom stereocenters. The van der Waals surface area contributed by atoms with Crippen molar-refractivity contribution in [3.8, 4) is 23.0 Å². The van der Waals surface area contributed by atoms with E-state index in [-0.39, 0.29) is 5.92 Å². The van der Waals surface area contributed by atoms with E-state index >= 15 is 0 Å². The molecule has 7 rings (SSSR count). The smallest absolute Gasteiger partial charge is 0.228 e. The van der Waals surface area contributed by atoms with E-state index in [1.165, 1.54) is 0 Å². The largest absolute Gasteiger partial charge is 0.438 e. The highest BCUT2D eigenvalue weighted by Gasteiger charge is 2.34. The van der Waals surface area contributed by atoms with Gasteiger partial charge in [-0.3, -0.25) is 4.98 Å². The Kier molecular flexibility index (Phi) is 3.81. The van der Waals surface area contributed by atoms with Gasteiger partial charge in [-0.1, -0.05) is 66.7 Å². The number of pyridine rings is 1. The van der Waals surface area contributed by atoms with Crippen LogP contribution in [0.4, 0.5) is 0 Å². The van der Waals surface area contributed by atoms with Crippen molar-refractivity contribution in [3.63, 3.8) is 0 Å². The SMILES string of the molecule is c1ccc([C@H]2c3ccc4ccccc4c3Oc3ncn4nc(-c5ccncc5)nc4c32)cc1. The molecule has 6 heteroatoms. The quantitative estimate of drug-likeness (QED) is 0.358. The topological polar surface area (TPSA) is 65.2 Å². The van der Waals surface area contributed by atoms with E-state index in [1.807, 2.05) is 30.3 Å². The first kappa shape index (κ1) is 18.0. The molecule has 0 amide bonds. The molecule has 0 saturated heterocycles. The molecule has 4 heterocycles. The first-order valence-electron chi connectivity index (χ1n) is 10.8. The lowest BCUT2D eigenvalue weighted by Gasteiger charge is -2.28. The van der Waals surface area contributed by atoms with E-state index in [4.69, 9.17) is 9.72 Å². The van der Waals surface area contributed by atoms with Crippen LogP contribution in [0.1, 0.15) is 22.6 Å². The van der Waals surface area contributed by atoms with Crippen molar-refractivity contribution in [2.75, 3.05) is 0 Å². The normalized spacial score (nSPS) is 14.6. The van der Waals surface area contributed by atoms with Gasteiger partial charge in [-0.15, -0.1) is 5.10 Å². The molecule has 3 aromatic heterocycles. The molecule has 1 aliphatic rings. The molecule has 33 heavy (non-hydrogen) atoms. The van der Waals surface area contributed by atoms with Crippen LogP contribution in [0, 0.1) is 0 Å². The van der Waals surface area contributed by atoms with Gasteiger partial charge in [-0.05, 0) is 23.1 Å². The molecule has 0 spiro atoms. The highest BCUT2D eigenvalue weighted by Crippen LogP contribution is 2.50. The first-order valence-corrected chi connectivity index (χ1v) is 10.8. The highest BCUT2D eigenvalue weighted by molar-refractivity contribution is 5.91. The third-order valence-corrected chi connectivity index (χ3v) is 6.17. The van der Waals surface area contributed by atoms with Gasteiger partial charge in [0.15, 0.2) is 11.5 Å². The fraction of sp³-hybridized carbons (Fsp3) is 0.0370. The number of benzene rings is 3. The molecule has 0 N–H and O–H groups in total. The van der Waals surface area contributed by atoms with Crippen LogP contribution >= 0.6 is 0 Å². The van der Waals surface area contributed by atoms with Gasteiger partial charge < -0.3 is 4.74 Å². The fourth-order valence-corrected chi connectivity index (χ4v) is 4.66. The number of nitrogens with zero attached hydrogens (tertiary/aromatic N) is 5. The Morgan fingerprint density at radius 1 is 0.818 bits per heavy atom. The van der Waals surface area contributed by atoms with Crippen LogP contribution < -0.4 is 4.74 Å². The van der Waals surface area contributed by atoms with Crippen molar-refractivity contribution in [2.24, 2.45) is 0 Å². The highest BCUT2D eigenvalue weighted by atomic mass is 16.5. The molecule has 0 fully saturated rings. The molecule has 156 valence electrons. The zero-order valence-corrected chi connectivity index (χ0v) is 17.5. The van der Waals surface area contributed by atoms with E-state index in [0.29, 0.717) is 11.7 Å². The Morgan fingerprint density at radius 3 is 2.52 bits per heavy atom. The van der Waals surface area contributed by atoms with Crippen molar-refractivity contribution in [1.82, 2.24) is 24.6 Å². The van der Waals surface area contributed by atoms with E-state index in [0.717, 1.165) is 44.4 Å². The van der Waals surface area contributed by atoms with Crippen molar-refractivity contribution < 1.29 is 4.74 Å². The molecule has 0 unspecified atom stereocenters. The minimum atomic E-state index is -0.0831. The summed E-state index contributed by atoms with van der Waals surface area (Å²) in [6.07, 6.45) is 5.15. The number of hydrogen-bond donors (Lipinski definition) is 0. The third-order valence-electron chi connectivity index (χ3n) is 6.17. The molecule has 3 aromatic carbocycles. The fourth-order valence-electron chi connectivity index (χ4n) is 4.66. The molecule has 1 aliphatic heterocycles. The van der Waals surface area contributed by atoms with Gasteiger partial charge in [0.1, 0.15) is 12.1 Å². The van der Waals surface area contributed by atoms with Crippen LogP contribution in [-0.2, 0) is 0 Å². The summed E-state index contributed by atoms with van der Waals surface area (Å²) in [5.41, 5.74) is 4.80. The van der Waals surface area contributed by atoms with Crippen molar-refractivity contribution in [2.45, 2.75) is 5.92 Å². The van der Waals surface area contributed by atoms with E-state index in [1.54, 1.807) is 23.2 Å². The van der Waals surface area contributed by atoms with Crippen LogP contribution in [0.25, 0.3) is 27.8 Å². The number of aromatic nitrogens is 5. The summed E-state index contributed by atoms with van der Waals surface area (Å²) in [6, 6.07) is 26.8. The van der Waals surface area contributed by atoms with Crippen LogP contribution in [0.15, 0.2) is 97.6 Å². The lowest BCUT2D eigenvalue weighted by molar-refractivity contribution is 0.437. The molecule has 0 radical (unpaired) electrons. The Bertz CT molecular complexity index is 1640. The molecule has 0 aliphatic carbocycles. The van der Waals surface area contributed by atoms with Gasteiger partial charge in [0.25, 0.3) is 0 Å². The average molecular weight is 427 g/mol. The third kappa shape index (κ3) is 2.74. The summed E-state index contributed by atoms with van der Waals surface area (Å²) in [7, 11) is 0. The van der Waals surface area contributed by atoms with Crippen LogP contribution in [0.3, 0.4) is 0 Å². The summed E-state index contributed by atoms with van der Waals surface area (Å²) in [5, 5.41) is 6.89. The van der Waals surface area contributed by atoms with Gasteiger partial charge in [0.05, 0.1) is 5.56 Å². The Morgan fingerprint density at radius 2 is 1.64 bits per heavy atom. The lowest BCUT2D eigenvalue weighted by Crippen LogP contribution is -2.15. The second kappa shape index (κ2) is 6.97. The van der Waals surface area contributed by atoms with E-state index in [2.05, 4.69) is 63.6 Å². The Balaban J connectivity index is 1.53. The Hall–Kier alpha value is -4.58.